The summed E-state index contributed by atoms with van der Waals surface area (Å²) in [5, 5.41) is 3.51. The highest BCUT2D eigenvalue weighted by atomic mass is 15.0. The molecule has 1 fully saturated rings. The molecule has 1 aliphatic rings. The highest BCUT2D eigenvalue weighted by molar-refractivity contribution is 5.36. The first-order chi connectivity index (χ1) is 7.25. The fraction of sp³-hybridized carbons (Fsp3) is 0.615. The highest BCUT2D eigenvalue weighted by Crippen LogP contribution is 2.28. The number of anilines is 1. The van der Waals surface area contributed by atoms with E-state index in [1.54, 1.807) is 0 Å². The van der Waals surface area contributed by atoms with Crippen LogP contribution in [0.3, 0.4) is 0 Å². The lowest BCUT2D eigenvalue weighted by molar-refractivity contribution is 0.481. The average Bonchev–Trinajstić information content (AvgIpc) is 2.70. The number of aryl methyl sites for hydroxylation is 1. The van der Waals surface area contributed by atoms with Crippen molar-refractivity contribution < 1.29 is 0 Å². The van der Waals surface area contributed by atoms with Gasteiger partial charge in [-0.3, -0.25) is 0 Å². The lowest BCUT2D eigenvalue weighted by Crippen LogP contribution is -2.24. The molecule has 2 rings (SSSR count). The van der Waals surface area contributed by atoms with Crippen LogP contribution in [0.4, 0.5) is 5.82 Å². The van der Waals surface area contributed by atoms with Crippen LogP contribution < -0.4 is 5.32 Å². The molecule has 1 heterocycles. The highest BCUT2D eigenvalue weighted by Gasteiger charge is 2.21. The Kier molecular flexibility index (Phi) is 3.24. The molecule has 0 spiro atoms. The van der Waals surface area contributed by atoms with E-state index in [0.29, 0.717) is 6.04 Å². The molecule has 0 aliphatic heterocycles. The van der Waals surface area contributed by atoms with E-state index in [9.17, 15) is 0 Å². The van der Waals surface area contributed by atoms with Gasteiger partial charge in [0, 0.05) is 11.7 Å². The second-order valence-electron chi connectivity index (χ2n) is 4.64. The minimum Gasteiger partial charge on any atom is -0.367 e. The fourth-order valence-electron chi connectivity index (χ4n) is 2.43. The monoisotopic (exact) mass is 204 g/mol. The van der Waals surface area contributed by atoms with Crippen molar-refractivity contribution in [3.63, 3.8) is 0 Å². The maximum atomic E-state index is 4.47. The maximum absolute atomic E-state index is 4.47. The summed E-state index contributed by atoms with van der Waals surface area (Å²) in [5.74, 6) is 1.86. The van der Waals surface area contributed by atoms with E-state index in [4.69, 9.17) is 0 Å². The summed E-state index contributed by atoms with van der Waals surface area (Å²) in [6.45, 7) is 4.31. The van der Waals surface area contributed by atoms with E-state index in [-0.39, 0.29) is 0 Å². The predicted molar refractivity (Wildman–Crippen MR) is 64.0 cm³/mol. The minimum absolute atomic E-state index is 0.557. The van der Waals surface area contributed by atoms with Crippen molar-refractivity contribution in [2.24, 2.45) is 5.92 Å². The quantitative estimate of drug-likeness (QED) is 0.816. The van der Waals surface area contributed by atoms with Crippen LogP contribution in [-0.4, -0.2) is 11.0 Å². The molecule has 0 bridgehead atoms. The third-order valence-electron chi connectivity index (χ3n) is 3.37. The molecule has 0 amide bonds. The Bertz CT molecular complexity index is 316. The molecular formula is C13H20N2. The van der Waals surface area contributed by atoms with Crippen LogP contribution in [0.25, 0.3) is 0 Å². The van der Waals surface area contributed by atoms with Gasteiger partial charge in [0.15, 0.2) is 0 Å². The van der Waals surface area contributed by atoms with Gasteiger partial charge >= 0.3 is 0 Å². The number of hydrogen-bond donors (Lipinski definition) is 1. The molecule has 15 heavy (non-hydrogen) atoms. The van der Waals surface area contributed by atoms with Gasteiger partial charge in [0.2, 0.25) is 0 Å². The first-order valence-electron chi connectivity index (χ1n) is 5.96. The van der Waals surface area contributed by atoms with Gasteiger partial charge in [0.05, 0.1) is 0 Å². The number of hydrogen-bond acceptors (Lipinski definition) is 2. The zero-order valence-electron chi connectivity index (χ0n) is 9.66. The second-order valence-corrected chi connectivity index (χ2v) is 4.64. The second kappa shape index (κ2) is 4.65. The Balaban J connectivity index is 1.95. The van der Waals surface area contributed by atoms with Gasteiger partial charge in [0.1, 0.15) is 5.82 Å². The molecule has 0 aromatic carbocycles. The molecule has 1 aliphatic carbocycles. The number of nitrogens with one attached hydrogen (secondary N) is 1. The molecule has 1 unspecified atom stereocenters. The lowest BCUT2D eigenvalue weighted by Gasteiger charge is -2.20. The summed E-state index contributed by atoms with van der Waals surface area (Å²) >= 11 is 0. The van der Waals surface area contributed by atoms with Crippen molar-refractivity contribution in [3.05, 3.63) is 23.9 Å². The van der Waals surface area contributed by atoms with Crippen molar-refractivity contribution in [2.45, 2.75) is 45.6 Å². The zero-order valence-corrected chi connectivity index (χ0v) is 9.66. The fourth-order valence-corrected chi connectivity index (χ4v) is 2.43. The molecule has 1 atom stereocenters. The van der Waals surface area contributed by atoms with E-state index in [1.165, 1.54) is 25.7 Å². The van der Waals surface area contributed by atoms with Crippen LogP contribution in [0.2, 0.25) is 0 Å². The summed E-state index contributed by atoms with van der Waals surface area (Å²) < 4.78 is 0. The van der Waals surface area contributed by atoms with Gasteiger partial charge in [-0.2, -0.15) is 0 Å². The molecule has 1 aromatic heterocycles. The van der Waals surface area contributed by atoms with Gasteiger partial charge < -0.3 is 5.32 Å². The van der Waals surface area contributed by atoms with Crippen LogP contribution in [0.15, 0.2) is 18.2 Å². The van der Waals surface area contributed by atoms with Gasteiger partial charge in [-0.05, 0) is 44.7 Å². The Hall–Kier alpha value is -1.05. The predicted octanol–water partition coefficient (Wildman–Crippen LogP) is 3.38. The number of nitrogens with zero attached hydrogens (tertiary/aromatic N) is 1. The van der Waals surface area contributed by atoms with Gasteiger partial charge in [-0.1, -0.05) is 18.9 Å². The molecule has 2 nitrogen and oxygen atoms in total. The smallest absolute Gasteiger partial charge is 0.126 e. The van der Waals surface area contributed by atoms with Crippen LogP contribution in [-0.2, 0) is 0 Å². The van der Waals surface area contributed by atoms with E-state index < -0.39 is 0 Å². The van der Waals surface area contributed by atoms with Crippen LogP contribution in [0, 0.1) is 12.8 Å². The number of pyridine rings is 1. The Morgan fingerprint density at radius 2 is 2.07 bits per heavy atom. The molecule has 0 saturated heterocycles. The van der Waals surface area contributed by atoms with E-state index in [1.807, 2.05) is 13.0 Å². The van der Waals surface area contributed by atoms with Crippen molar-refractivity contribution in [3.8, 4) is 0 Å². The lowest BCUT2D eigenvalue weighted by atomic mass is 10.00. The number of rotatable bonds is 3. The molecular weight excluding hydrogens is 184 g/mol. The molecule has 2 heteroatoms. The van der Waals surface area contributed by atoms with Crippen molar-refractivity contribution in [1.29, 1.82) is 0 Å². The summed E-state index contributed by atoms with van der Waals surface area (Å²) in [5.41, 5.74) is 1.08. The van der Waals surface area contributed by atoms with E-state index in [0.717, 1.165) is 17.4 Å². The Morgan fingerprint density at radius 3 is 2.73 bits per heavy atom. The summed E-state index contributed by atoms with van der Waals surface area (Å²) in [6, 6.07) is 6.71. The first-order valence-corrected chi connectivity index (χ1v) is 5.96. The SMILES string of the molecule is Cc1cccc(NC(C)C2CCCC2)n1. The third-order valence-corrected chi connectivity index (χ3v) is 3.37. The molecule has 1 saturated carbocycles. The number of aromatic nitrogens is 1. The molecule has 0 radical (unpaired) electrons. The Morgan fingerprint density at radius 1 is 1.33 bits per heavy atom. The summed E-state index contributed by atoms with van der Waals surface area (Å²) in [4.78, 5) is 4.47. The van der Waals surface area contributed by atoms with Gasteiger partial charge in [0.25, 0.3) is 0 Å². The molecule has 1 N–H and O–H groups in total. The van der Waals surface area contributed by atoms with Crippen LogP contribution in [0.1, 0.15) is 38.3 Å². The minimum atomic E-state index is 0.557. The normalized spacial score (nSPS) is 19.1. The third kappa shape index (κ3) is 2.71. The van der Waals surface area contributed by atoms with Gasteiger partial charge in [-0.25, -0.2) is 4.98 Å². The maximum Gasteiger partial charge on any atom is 0.126 e. The topological polar surface area (TPSA) is 24.9 Å². The average molecular weight is 204 g/mol. The van der Waals surface area contributed by atoms with Crippen LogP contribution in [0.5, 0.6) is 0 Å². The van der Waals surface area contributed by atoms with E-state index >= 15 is 0 Å². The molecule has 82 valence electrons. The largest absolute Gasteiger partial charge is 0.367 e. The summed E-state index contributed by atoms with van der Waals surface area (Å²) in [7, 11) is 0. The van der Waals surface area contributed by atoms with Crippen molar-refractivity contribution in [1.82, 2.24) is 4.98 Å². The van der Waals surface area contributed by atoms with E-state index in [2.05, 4.69) is 29.4 Å². The van der Waals surface area contributed by atoms with Crippen molar-refractivity contribution in [2.75, 3.05) is 5.32 Å². The van der Waals surface area contributed by atoms with Crippen LogP contribution >= 0.6 is 0 Å². The van der Waals surface area contributed by atoms with Gasteiger partial charge in [-0.15, -0.1) is 0 Å². The zero-order chi connectivity index (χ0) is 10.7. The van der Waals surface area contributed by atoms with Crippen molar-refractivity contribution >= 4 is 5.82 Å². The Labute approximate surface area is 92.1 Å². The standard InChI is InChI=1S/C13H20N2/c1-10-6-5-9-13(14-10)15-11(2)12-7-3-4-8-12/h5-6,9,11-12H,3-4,7-8H2,1-2H3,(H,14,15). The first kappa shape index (κ1) is 10.5. The summed E-state index contributed by atoms with van der Waals surface area (Å²) in [6.07, 6.45) is 5.55. The molecule has 1 aromatic rings.